The third-order valence-electron chi connectivity index (χ3n) is 21.6. The molecule has 2 heterocycles. The molecule has 2 fully saturated rings. The van der Waals surface area contributed by atoms with E-state index in [0.717, 1.165) is 57.8 Å². The first kappa shape index (κ1) is 98.5. The number of rotatable bonds is 76. The molecule has 2 aliphatic rings. The molecule has 14 nitrogen and oxygen atoms in total. The van der Waals surface area contributed by atoms with Crippen molar-refractivity contribution in [2.75, 3.05) is 19.8 Å². The minimum absolute atomic E-state index is 0.246. The molecule has 14 heteroatoms. The van der Waals surface area contributed by atoms with Gasteiger partial charge in [-0.05, 0) is 83.5 Å². The van der Waals surface area contributed by atoms with Crippen LogP contribution in [0.5, 0.6) is 0 Å². The van der Waals surface area contributed by atoms with Crippen molar-refractivity contribution in [2.24, 2.45) is 0 Å². The lowest BCUT2D eigenvalue weighted by atomic mass is 9.97. The second-order valence-corrected chi connectivity index (χ2v) is 31.4. The Balaban J connectivity index is 1.57. The van der Waals surface area contributed by atoms with Crippen molar-refractivity contribution in [3.8, 4) is 0 Å². The average Bonchev–Trinajstić information content (AvgIpc) is 0.769. The van der Waals surface area contributed by atoms with Crippen LogP contribution in [-0.4, -0.2) is 140 Å². The number of hydrogen-bond donors (Lipinski definition) is 9. The van der Waals surface area contributed by atoms with Crippen LogP contribution in [-0.2, 0) is 23.7 Å². The zero-order valence-electron chi connectivity index (χ0n) is 67.7. The van der Waals surface area contributed by atoms with Crippen LogP contribution in [0, 0.1) is 0 Å². The summed E-state index contributed by atoms with van der Waals surface area (Å²) in [6.07, 6.45) is 87.4. The SMILES string of the molecule is CCCCCCC/C=C\C/C=C\C/C=C\CCCCCCCCCCCCCCCCCCCCCCCCCCCCC(=O)NC(COC1OC(CO)C(OC2OC(CO)C(O)C(O)C2O)C(O)C1O)C(O)/C=C/CC/C=C/CC/C=C/CCCCCCCCCCCCCCCCCCCCCC. The first-order valence-corrected chi connectivity index (χ1v) is 44.7. The standard InChI is InChI=1S/C91H167NO13/c1-3-5-7-9-11-13-15-17-19-21-23-25-27-29-31-33-35-36-37-38-39-40-41-42-43-44-45-47-49-51-53-55-57-59-61-63-65-67-69-71-73-75-83(96)92-79(78-102-90-88(101)86(99)89(82(77-94)104-90)105-91-87(100)85(98)84(97)81(76-93)103-91)80(95)74-72-70-68-66-64-62-60-58-56-54-52-50-48-46-34-32-30-28-26-24-22-20-18-16-14-12-10-8-6-4-2/h15,17,21,23,27,29,56,58,64,66,72,74,79-82,84-91,93-95,97-101H,3-14,16,18-20,22,24-26,28,30-55,57,59-63,65,67-71,73,75-78H2,1-2H3,(H,92,96)/b17-15-,23-21-,29-27-,58-56+,66-64+,74-72+. The van der Waals surface area contributed by atoms with Gasteiger partial charge in [0.05, 0.1) is 32.0 Å². The van der Waals surface area contributed by atoms with Crippen LogP contribution >= 0.6 is 0 Å². The van der Waals surface area contributed by atoms with E-state index in [9.17, 15) is 45.6 Å². The third kappa shape index (κ3) is 56.3. The van der Waals surface area contributed by atoms with Crippen LogP contribution in [0.15, 0.2) is 72.9 Å². The van der Waals surface area contributed by atoms with Crippen LogP contribution in [0.1, 0.15) is 406 Å². The molecule has 0 aromatic heterocycles. The normalized spacial score (nSPS) is 21.7. The van der Waals surface area contributed by atoms with E-state index in [0.29, 0.717) is 12.8 Å². The lowest BCUT2D eigenvalue weighted by molar-refractivity contribution is -0.359. The van der Waals surface area contributed by atoms with Crippen molar-refractivity contribution in [3.05, 3.63) is 72.9 Å². The Morgan fingerprint density at radius 2 is 0.638 bits per heavy atom. The maximum Gasteiger partial charge on any atom is 0.220 e. The zero-order chi connectivity index (χ0) is 75.8. The Morgan fingerprint density at radius 3 is 1.00 bits per heavy atom. The fourth-order valence-electron chi connectivity index (χ4n) is 14.6. The van der Waals surface area contributed by atoms with Crippen molar-refractivity contribution < 1.29 is 64.6 Å². The number of unbranched alkanes of at least 4 members (excludes halogenated alkanes) is 53. The van der Waals surface area contributed by atoms with Gasteiger partial charge in [-0.3, -0.25) is 4.79 Å². The lowest BCUT2D eigenvalue weighted by Crippen LogP contribution is -2.65. The molecule has 0 radical (unpaired) electrons. The van der Waals surface area contributed by atoms with Gasteiger partial charge in [-0.1, -0.05) is 389 Å². The number of ether oxygens (including phenoxy) is 4. The molecule has 0 aliphatic carbocycles. The molecule has 9 N–H and O–H groups in total. The zero-order valence-corrected chi connectivity index (χ0v) is 67.7. The largest absolute Gasteiger partial charge is 0.394 e. The summed E-state index contributed by atoms with van der Waals surface area (Å²) in [5.41, 5.74) is 0. The van der Waals surface area contributed by atoms with Gasteiger partial charge in [0.25, 0.3) is 0 Å². The van der Waals surface area contributed by atoms with Crippen LogP contribution in [0.3, 0.4) is 0 Å². The van der Waals surface area contributed by atoms with Crippen LogP contribution in [0.4, 0.5) is 0 Å². The predicted octanol–water partition coefficient (Wildman–Crippen LogP) is 21.6. The monoisotopic (exact) mass is 1480 g/mol. The molecule has 1 amide bonds. The van der Waals surface area contributed by atoms with Crippen molar-refractivity contribution >= 4 is 5.91 Å². The number of hydrogen-bond acceptors (Lipinski definition) is 13. The third-order valence-corrected chi connectivity index (χ3v) is 21.6. The van der Waals surface area contributed by atoms with Gasteiger partial charge >= 0.3 is 0 Å². The number of amides is 1. The summed E-state index contributed by atoms with van der Waals surface area (Å²) in [6, 6.07) is -0.941. The molecule has 2 rings (SSSR count). The molecule has 2 aliphatic heterocycles. The van der Waals surface area contributed by atoms with E-state index in [-0.39, 0.29) is 18.9 Å². The van der Waals surface area contributed by atoms with E-state index < -0.39 is 86.8 Å². The molecular weight excluding hydrogens is 1310 g/mol. The molecular formula is C91H167NO13. The summed E-state index contributed by atoms with van der Waals surface area (Å²) in [6.45, 7) is 2.82. The minimum atomic E-state index is -1.80. The van der Waals surface area contributed by atoms with Gasteiger partial charge in [0, 0.05) is 6.42 Å². The molecule has 12 unspecified atom stereocenters. The van der Waals surface area contributed by atoms with Gasteiger partial charge in [-0.15, -0.1) is 0 Å². The highest BCUT2D eigenvalue weighted by molar-refractivity contribution is 5.76. The van der Waals surface area contributed by atoms with Gasteiger partial charge in [-0.2, -0.15) is 0 Å². The molecule has 2 saturated heterocycles. The summed E-state index contributed by atoms with van der Waals surface area (Å²) in [5.74, 6) is -0.246. The summed E-state index contributed by atoms with van der Waals surface area (Å²) in [4.78, 5) is 13.4. The number of carbonyl (C=O) groups excluding carboxylic acids is 1. The smallest absolute Gasteiger partial charge is 0.220 e. The molecule has 12 atom stereocenters. The first-order chi connectivity index (χ1) is 51.6. The average molecular weight is 1480 g/mol. The summed E-state index contributed by atoms with van der Waals surface area (Å²) in [7, 11) is 0. The Kier molecular flexibility index (Phi) is 69.6. The molecule has 105 heavy (non-hydrogen) atoms. The quantitative estimate of drug-likeness (QED) is 0.0204. The predicted molar refractivity (Wildman–Crippen MR) is 438 cm³/mol. The Hall–Kier alpha value is -2.57. The van der Waals surface area contributed by atoms with Crippen molar-refractivity contribution in [3.63, 3.8) is 0 Å². The fourth-order valence-corrected chi connectivity index (χ4v) is 14.6. The van der Waals surface area contributed by atoms with E-state index >= 15 is 0 Å². The highest BCUT2D eigenvalue weighted by Crippen LogP contribution is 2.31. The van der Waals surface area contributed by atoms with Gasteiger partial charge in [-0.25, -0.2) is 0 Å². The van der Waals surface area contributed by atoms with Crippen LogP contribution in [0.2, 0.25) is 0 Å². The van der Waals surface area contributed by atoms with Gasteiger partial charge in [0.1, 0.15) is 48.8 Å². The number of aliphatic hydroxyl groups is 8. The van der Waals surface area contributed by atoms with Crippen molar-refractivity contribution in [1.82, 2.24) is 5.32 Å². The highest BCUT2D eigenvalue weighted by Gasteiger charge is 2.51. The maximum absolute atomic E-state index is 13.4. The summed E-state index contributed by atoms with van der Waals surface area (Å²) < 4.78 is 22.9. The van der Waals surface area contributed by atoms with E-state index in [2.05, 4.69) is 79.9 Å². The minimum Gasteiger partial charge on any atom is -0.394 e. The van der Waals surface area contributed by atoms with E-state index in [1.165, 1.54) is 315 Å². The first-order valence-electron chi connectivity index (χ1n) is 44.7. The Morgan fingerprint density at radius 1 is 0.343 bits per heavy atom. The van der Waals surface area contributed by atoms with Gasteiger partial charge in [0.15, 0.2) is 12.6 Å². The molecule has 0 spiro atoms. The van der Waals surface area contributed by atoms with E-state index in [1.54, 1.807) is 6.08 Å². The molecule has 0 saturated carbocycles. The molecule has 614 valence electrons. The van der Waals surface area contributed by atoms with Crippen LogP contribution in [0.25, 0.3) is 0 Å². The lowest BCUT2D eigenvalue weighted by Gasteiger charge is -2.46. The van der Waals surface area contributed by atoms with Gasteiger partial charge < -0.3 is 65.1 Å². The molecule has 0 aromatic carbocycles. The number of carbonyl (C=O) groups is 1. The van der Waals surface area contributed by atoms with E-state index in [1.807, 2.05) is 6.08 Å². The summed E-state index contributed by atoms with van der Waals surface area (Å²) >= 11 is 0. The Labute approximate surface area is 644 Å². The Bertz CT molecular complexity index is 2050. The van der Waals surface area contributed by atoms with E-state index in [4.69, 9.17) is 18.9 Å². The summed E-state index contributed by atoms with van der Waals surface area (Å²) in [5, 5.41) is 87.8. The maximum atomic E-state index is 13.4. The highest BCUT2D eigenvalue weighted by atomic mass is 16.7. The van der Waals surface area contributed by atoms with Crippen LogP contribution < -0.4 is 5.32 Å². The topological polar surface area (TPSA) is 228 Å². The van der Waals surface area contributed by atoms with Crippen molar-refractivity contribution in [2.45, 2.75) is 479 Å². The second-order valence-electron chi connectivity index (χ2n) is 31.4. The fraction of sp³-hybridized carbons (Fsp3) is 0.857. The molecule has 0 aromatic rings. The van der Waals surface area contributed by atoms with Gasteiger partial charge in [0.2, 0.25) is 5.91 Å². The number of nitrogens with one attached hydrogen (secondary N) is 1. The number of allylic oxidation sites excluding steroid dienone is 11. The second kappa shape index (κ2) is 74.2. The molecule has 0 bridgehead atoms. The number of aliphatic hydroxyl groups excluding tert-OH is 8. The van der Waals surface area contributed by atoms with Crippen molar-refractivity contribution in [1.29, 1.82) is 0 Å².